The number of nitrogens with two attached hydrogens (primary N) is 1. The molecule has 1 aromatic carbocycles. The summed E-state index contributed by atoms with van der Waals surface area (Å²) >= 11 is 0. The predicted octanol–water partition coefficient (Wildman–Crippen LogP) is 3.28. The minimum Gasteiger partial charge on any atom is -0.396 e. The average molecular weight is 238 g/mol. The maximum atomic E-state index is 13.8. The molecule has 0 saturated carbocycles. The Bertz CT molecular complexity index is 352. The summed E-state index contributed by atoms with van der Waals surface area (Å²) in [7, 11) is 0. The smallest absolute Gasteiger partial charge is 0.150 e. The fourth-order valence-electron chi connectivity index (χ4n) is 1.84. The standard InChI is InChI=1S/C14H23FN2/c1-4-11(3)9-17(5-2)10-12-7-6-8-13(16)14(12)15/h6-8,11H,4-5,9-10,16H2,1-3H3. The van der Waals surface area contributed by atoms with Gasteiger partial charge in [0, 0.05) is 18.7 Å². The Morgan fingerprint density at radius 3 is 2.65 bits per heavy atom. The lowest BCUT2D eigenvalue weighted by atomic mass is 10.1. The summed E-state index contributed by atoms with van der Waals surface area (Å²) in [5.41, 5.74) is 6.50. The van der Waals surface area contributed by atoms with Crippen molar-refractivity contribution in [1.82, 2.24) is 4.90 Å². The van der Waals surface area contributed by atoms with Gasteiger partial charge in [0.25, 0.3) is 0 Å². The molecule has 0 aliphatic carbocycles. The van der Waals surface area contributed by atoms with Gasteiger partial charge in [0.2, 0.25) is 0 Å². The van der Waals surface area contributed by atoms with E-state index >= 15 is 0 Å². The van der Waals surface area contributed by atoms with E-state index in [2.05, 4.69) is 25.7 Å². The van der Waals surface area contributed by atoms with Crippen molar-refractivity contribution < 1.29 is 4.39 Å². The Kier molecular flexibility index (Phi) is 5.42. The summed E-state index contributed by atoms with van der Waals surface area (Å²) in [6.07, 6.45) is 1.15. The molecule has 0 aliphatic rings. The number of hydrogen-bond acceptors (Lipinski definition) is 2. The number of nitrogens with zero attached hydrogens (tertiary/aromatic N) is 1. The third kappa shape index (κ3) is 4.00. The van der Waals surface area contributed by atoms with Crippen LogP contribution in [0, 0.1) is 11.7 Å². The summed E-state index contributed by atoms with van der Waals surface area (Å²) in [5.74, 6) is 0.370. The van der Waals surface area contributed by atoms with Gasteiger partial charge in [-0.25, -0.2) is 4.39 Å². The zero-order chi connectivity index (χ0) is 12.8. The first-order chi connectivity index (χ1) is 8.08. The van der Waals surface area contributed by atoms with Gasteiger partial charge in [-0.15, -0.1) is 0 Å². The molecule has 0 heterocycles. The molecule has 0 aromatic heterocycles. The Hall–Kier alpha value is -1.09. The van der Waals surface area contributed by atoms with Gasteiger partial charge in [-0.1, -0.05) is 39.3 Å². The molecule has 96 valence electrons. The largest absolute Gasteiger partial charge is 0.396 e. The van der Waals surface area contributed by atoms with Crippen LogP contribution < -0.4 is 5.73 Å². The van der Waals surface area contributed by atoms with Crippen molar-refractivity contribution in [3.63, 3.8) is 0 Å². The quantitative estimate of drug-likeness (QED) is 0.771. The topological polar surface area (TPSA) is 29.3 Å². The maximum Gasteiger partial charge on any atom is 0.150 e. The second-order valence-electron chi connectivity index (χ2n) is 4.66. The number of nitrogen functional groups attached to an aromatic ring is 1. The molecule has 3 heteroatoms. The van der Waals surface area contributed by atoms with Gasteiger partial charge in [-0.2, -0.15) is 0 Å². The third-order valence-corrected chi connectivity index (χ3v) is 3.22. The minimum atomic E-state index is -0.268. The molecule has 0 radical (unpaired) electrons. The van der Waals surface area contributed by atoms with Crippen molar-refractivity contribution >= 4 is 5.69 Å². The van der Waals surface area contributed by atoms with E-state index in [1.807, 2.05) is 12.1 Å². The third-order valence-electron chi connectivity index (χ3n) is 3.22. The zero-order valence-electron chi connectivity index (χ0n) is 11.0. The van der Waals surface area contributed by atoms with Crippen LogP contribution in [0.25, 0.3) is 0 Å². The normalized spacial score (nSPS) is 13.0. The van der Waals surface area contributed by atoms with Crippen LogP contribution in [0.5, 0.6) is 0 Å². The highest BCUT2D eigenvalue weighted by molar-refractivity contribution is 5.42. The van der Waals surface area contributed by atoms with Crippen LogP contribution in [-0.4, -0.2) is 18.0 Å². The van der Waals surface area contributed by atoms with Crippen LogP contribution in [0.3, 0.4) is 0 Å². The molecule has 2 N–H and O–H groups in total. The van der Waals surface area contributed by atoms with Crippen LogP contribution in [0.4, 0.5) is 10.1 Å². The van der Waals surface area contributed by atoms with Crippen molar-refractivity contribution in [3.8, 4) is 0 Å². The van der Waals surface area contributed by atoms with Gasteiger partial charge in [0.15, 0.2) is 5.82 Å². The molecular weight excluding hydrogens is 215 g/mol. The molecule has 0 amide bonds. The average Bonchev–Trinajstić information content (AvgIpc) is 2.33. The minimum absolute atomic E-state index is 0.238. The van der Waals surface area contributed by atoms with Crippen LogP contribution in [-0.2, 0) is 6.54 Å². The van der Waals surface area contributed by atoms with Gasteiger partial charge >= 0.3 is 0 Å². The van der Waals surface area contributed by atoms with E-state index in [4.69, 9.17) is 5.73 Å². The number of anilines is 1. The number of rotatable bonds is 6. The second kappa shape index (κ2) is 6.60. The lowest BCUT2D eigenvalue weighted by Gasteiger charge is -2.24. The molecule has 2 nitrogen and oxygen atoms in total. The van der Waals surface area contributed by atoms with Gasteiger partial charge in [-0.05, 0) is 18.5 Å². The summed E-state index contributed by atoms with van der Waals surface area (Å²) in [6.45, 7) is 9.07. The fourth-order valence-corrected chi connectivity index (χ4v) is 1.84. The second-order valence-corrected chi connectivity index (χ2v) is 4.66. The highest BCUT2D eigenvalue weighted by atomic mass is 19.1. The summed E-state index contributed by atoms with van der Waals surface area (Å²) in [4.78, 5) is 2.26. The lowest BCUT2D eigenvalue weighted by molar-refractivity contribution is 0.235. The van der Waals surface area contributed by atoms with Crippen LogP contribution in [0.15, 0.2) is 18.2 Å². The molecule has 0 fully saturated rings. The van der Waals surface area contributed by atoms with Crippen molar-refractivity contribution in [2.45, 2.75) is 33.7 Å². The van der Waals surface area contributed by atoms with E-state index in [-0.39, 0.29) is 11.5 Å². The van der Waals surface area contributed by atoms with Crippen molar-refractivity contribution in [3.05, 3.63) is 29.6 Å². The molecule has 0 bridgehead atoms. The Morgan fingerprint density at radius 1 is 1.35 bits per heavy atom. The summed E-state index contributed by atoms with van der Waals surface area (Å²) in [5, 5.41) is 0. The van der Waals surface area contributed by atoms with Gasteiger partial charge in [0.05, 0.1) is 5.69 Å². The summed E-state index contributed by atoms with van der Waals surface area (Å²) in [6, 6.07) is 5.22. The van der Waals surface area contributed by atoms with Crippen LogP contribution in [0.2, 0.25) is 0 Å². The van der Waals surface area contributed by atoms with Crippen LogP contribution >= 0.6 is 0 Å². The highest BCUT2D eigenvalue weighted by Crippen LogP contribution is 2.17. The van der Waals surface area contributed by atoms with Gasteiger partial charge in [0.1, 0.15) is 0 Å². The van der Waals surface area contributed by atoms with E-state index in [1.165, 1.54) is 0 Å². The summed E-state index contributed by atoms with van der Waals surface area (Å²) < 4.78 is 13.8. The SMILES string of the molecule is CCC(C)CN(CC)Cc1cccc(N)c1F. The molecular formula is C14H23FN2. The first-order valence-corrected chi connectivity index (χ1v) is 6.33. The number of benzene rings is 1. The molecule has 1 atom stereocenters. The van der Waals surface area contributed by atoms with E-state index in [0.29, 0.717) is 18.0 Å². The van der Waals surface area contributed by atoms with E-state index in [1.54, 1.807) is 6.07 Å². The number of halogens is 1. The predicted molar refractivity (Wildman–Crippen MR) is 71.2 cm³/mol. The molecule has 0 aliphatic heterocycles. The molecule has 0 spiro atoms. The number of hydrogen-bond donors (Lipinski definition) is 1. The Labute approximate surface area is 104 Å². The van der Waals surface area contributed by atoms with Crippen molar-refractivity contribution in [2.24, 2.45) is 5.92 Å². The molecule has 17 heavy (non-hydrogen) atoms. The monoisotopic (exact) mass is 238 g/mol. The molecule has 0 saturated heterocycles. The highest BCUT2D eigenvalue weighted by Gasteiger charge is 2.11. The Morgan fingerprint density at radius 2 is 2.06 bits per heavy atom. The first kappa shape index (κ1) is 14.0. The zero-order valence-corrected chi connectivity index (χ0v) is 11.0. The van der Waals surface area contributed by atoms with Gasteiger partial charge < -0.3 is 5.73 Å². The van der Waals surface area contributed by atoms with E-state index < -0.39 is 0 Å². The van der Waals surface area contributed by atoms with Gasteiger partial charge in [-0.3, -0.25) is 4.90 Å². The lowest BCUT2D eigenvalue weighted by Crippen LogP contribution is -2.28. The van der Waals surface area contributed by atoms with Crippen molar-refractivity contribution in [1.29, 1.82) is 0 Å². The fraction of sp³-hybridized carbons (Fsp3) is 0.571. The van der Waals surface area contributed by atoms with Crippen molar-refractivity contribution in [2.75, 3.05) is 18.8 Å². The molecule has 1 rings (SSSR count). The van der Waals surface area contributed by atoms with Crippen LogP contribution in [0.1, 0.15) is 32.8 Å². The molecule has 1 aromatic rings. The van der Waals surface area contributed by atoms with E-state index in [0.717, 1.165) is 19.5 Å². The van der Waals surface area contributed by atoms with E-state index in [9.17, 15) is 4.39 Å². The Balaban J connectivity index is 2.70. The maximum absolute atomic E-state index is 13.8. The first-order valence-electron chi connectivity index (χ1n) is 6.33. The molecule has 1 unspecified atom stereocenters.